The van der Waals surface area contributed by atoms with Crippen LogP contribution in [0.5, 0.6) is 0 Å². The normalized spacial score (nSPS) is 11.6. The minimum absolute atomic E-state index is 0.522. The predicted molar refractivity (Wildman–Crippen MR) is 89.7 cm³/mol. The van der Waals surface area contributed by atoms with E-state index in [4.69, 9.17) is 18.2 Å². The lowest BCUT2D eigenvalue weighted by atomic mass is 10.1. The van der Waals surface area contributed by atoms with Crippen LogP contribution in [0.4, 0.5) is 0 Å². The number of nitrogens with zero attached hydrogens (tertiary/aromatic N) is 2. The van der Waals surface area contributed by atoms with Gasteiger partial charge < -0.3 is 4.98 Å². The highest BCUT2D eigenvalue weighted by molar-refractivity contribution is 9.10. The van der Waals surface area contributed by atoms with Crippen molar-refractivity contribution in [3.63, 3.8) is 0 Å². The first-order valence-electron chi connectivity index (χ1n) is 6.14. The zero-order chi connectivity index (χ0) is 14.8. The summed E-state index contributed by atoms with van der Waals surface area (Å²) in [7, 11) is 0. The molecule has 0 saturated heterocycles. The van der Waals surface area contributed by atoms with Crippen molar-refractivity contribution in [2.45, 2.75) is 0 Å². The van der Waals surface area contributed by atoms with Gasteiger partial charge in [0.15, 0.2) is 5.70 Å². The maximum absolute atomic E-state index is 7.45. The molecule has 0 saturated carbocycles. The highest BCUT2D eigenvalue weighted by Gasteiger charge is 2.10. The van der Waals surface area contributed by atoms with Gasteiger partial charge in [-0.05, 0) is 41.9 Å². The van der Waals surface area contributed by atoms with Crippen molar-refractivity contribution in [2.75, 3.05) is 0 Å². The first-order valence-corrected chi connectivity index (χ1v) is 7.32. The lowest BCUT2D eigenvalue weighted by molar-refractivity contribution is 1.32. The second-order valence-corrected chi connectivity index (χ2v) is 5.75. The van der Waals surface area contributed by atoms with Crippen LogP contribution in [0.2, 0.25) is 5.02 Å². The number of halogens is 2. The predicted octanol–water partition coefficient (Wildman–Crippen LogP) is 5.40. The van der Waals surface area contributed by atoms with Crippen molar-refractivity contribution in [3.8, 4) is 0 Å². The summed E-state index contributed by atoms with van der Waals surface area (Å²) < 4.78 is 0.972. The fourth-order valence-electron chi connectivity index (χ4n) is 2.12. The fraction of sp³-hybridized carbons (Fsp3) is 0. The Balaban J connectivity index is 2.18. The van der Waals surface area contributed by atoms with Gasteiger partial charge in [0.2, 0.25) is 0 Å². The molecule has 2 aromatic heterocycles. The molecule has 3 aromatic rings. The minimum Gasteiger partial charge on any atom is -0.362 e. The van der Waals surface area contributed by atoms with E-state index in [9.17, 15) is 0 Å². The Hall–Kier alpha value is -2.09. The Morgan fingerprint density at radius 1 is 1.38 bits per heavy atom. The molecule has 0 aliphatic carbocycles. The molecule has 0 fully saturated rings. The second kappa shape index (κ2) is 5.72. The largest absolute Gasteiger partial charge is 0.362 e. The first-order chi connectivity index (χ1) is 10.2. The zero-order valence-corrected chi connectivity index (χ0v) is 13.1. The van der Waals surface area contributed by atoms with Crippen LogP contribution in [0, 0.1) is 6.57 Å². The number of aromatic nitrogens is 2. The van der Waals surface area contributed by atoms with E-state index in [1.807, 2.05) is 24.4 Å². The molecule has 0 spiro atoms. The van der Waals surface area contributed by atoms with E-state index < -0.39 is 0 Å². The van der Waals surface area contributed by atoms with Gasteiger partial charge in [-0.15, -0.1) is 0 Å². The number of aromatic amines is 1. The molecule has 1 N–H and O–H groups in total. The Labute approximate surface area is 135 Å². The summed E-state index contributed by atoms with van der Waals surface area (Å²) >= 11 is 9.59. The van der Waals surface area contributed by atoms with Gasteiger partial charge >= 0.3 is 0 Å². The summed E-state index contributed by atoms with van der Waals surface area (Å²) in [5.74, 6) is 0. The number of nitrogens with one attached hydrogen (secondary N) is 1. The van der Waals surface area contributed by atoms with Crippen LogP contribution in [0.3, 0.4) is 0 Å². The van der Waals surface area contributed by atoms with E-state index in [2.05, 4.69) is 30.7 Å². The molecule has 3 rings (SSSR count). The zero-order valence-electron chi connectivity index (χ0n) is 10.8. The van der Waals surface area contributed by atoms with E-state index in [1.165, 1.54) is 0 Å². The van der Waals surface area contributed by atoms with Gasteiger partial charge in [-0.2, -0.15) is 0 Å². The molecule has 1 aromatic carbocycles. The topological polar surface area (TPSA) is 33.0 Å². The van der Waals surface area contributed by atoms with E-state index >= 15 is 0 Å². The molecule has 0 aliphatic rings. The van der Waals surface area contributed by atoms with Gasteiger partial charge in [0.05, 0.1) is 6.57 Å². The van der Waals surface area contributed by atoms with Crippen molar-refractivity contribution in [1.82, 2.24) is 9.97 Å². The van der Waals surface area contributed by atoms with Crippen molar-refractivity contribution >= 4 is 50.2 Å². The number of hydrogen-bond donors (Lipinski definition) is 1. The highest BCUT2D eigenvalue weighted by Crippen LogP contribution is 2.30. The minimum atomic E-state index is 0.522. The van der Waals surface area contributed by atoms with E-state index in [0.29, 0.717) is 10.7 Å². The molecule has 5 heteroatoms. The number of benzene rings is 1. The van der Waals surface area contributed by atoms with Crippen molar-refractivity contribution in [2.24, 2.45) is 0 Å². The molecular weight excluding hydrogens is 350 g/mol. The van der Waals surface area contributed by atoms with Gasteiger partial charge in [-0.25, -0.2) is 4.85 Å². The van der Waals surface area contributed by atoms with E-state index in [1.54, 1.807) is 24.5 Å². The lowest BCUT2D eigenvalue weighted by Gasteiger charge is -2.00. The van der Waals surface area contributed by atoms with Crippen molar-refractivity contribution < 1.29 is 0 Å². The number of H-pyrrole nitrogens is 1. The molecule has 2 heterocycles. The third-order valence-electron chi connectivity index (χ3n) is 3.13. The van der Waals surface area contributed by atoms with Gasteiger partial charge in [-0.3, -0.25) is 4.98 Å². The smallest absolute Gasteiger partial charge is 0.197 e. The average molecular weight is 359 g/mol. The second-order valence-electron chi connectivity index (χ2n) is 4.43. The summed E-state index contributed by atoms with van der Waals surface area (Å²) in [6.45, 7) is 7.45. The molecule has 0 atom stereocenters. The summed E-state index contributed by atoms with van der Waals surface area (Å²) in [5, 5.41) is 1.57. The SMILES string of the molecule is [C-]#[N+]/C(=C\c1cnccc1Cl)c1c[nH]c2ccc(Br)cc12. The molecule has 21 heavy (non-hydrogen) atoms. The molecule has 102 valence electrons. The maximum Gasteiger partial charge on any atom is 0.197 e. The molecule has 0 bridgehead atoms. The maximum atomic E-state index is 7.45. The fourth-order valence-corrected chi connectivity index (χ4v) is 2.64. The van der Waals surface area contributed by atoms with E-state index in [-0.39, 0.29) is 0 Å². The number of rotatable bonds is 2. The van der Waals surface area contributed by atoms with Crippen molar-refractivity contribution in [3.05, 3.63) is 74.9 Å². The molecule has 3 nitrogen and oxygen atoms in total. The van der Waals surface area contributed by atoms with Crippen LogP contribution >= 0.6 is 27.5 Å². The number of fused-ring (bicyclic) bond motifs is 1. The Morgan fingerprint density at radius 2 is 2.24 bits per heavy atom. The summed E-state index contributed by atoms with van der Waals surface area (Å²) in [5.41, 5.74) is 3.09. The summed E-state index contributed by atoms with van der Waals surface area (Å²) in [6, 6.07) is 7.63. The molecule has 0 aliphatic heterocycles. The van der Waals surface area contributed by atoms with Crippen LogP contribution in [-0.2, 0) is 0 Å². The quantitative estimate of drug-likeness (QED) is 0.612. The monoisotopic (exact) mass is 357 g/mol. The van der Waals surface area contributed by atoms with Crippen molar-refractivity contribution in [1.29, 1.82) is 0 Å². The molecule has 0 amide bonds. The first kappa shape index (κ1) is 13.9. The molecular formula is C16H9BrClN3. The standard InChI is InChI=1S/C16H9BrClN3/c1-19-16(6-10-8-20-5-4-14(10)18)13-9-21-15-3-2-11(17)7-12(13)15/h2-9,21H/b16-6-. The van der Waals surface area contributed by atoms with Gasteiger partial charge in [0, 0.05) is 38.5 Å². The van der Waals surface area contributed by atoms with E-state index in [0.717, 1.165) is 26.5 Å². The Bertz CT molecular complexity index is 890. The molecule has 0 radical (unpaired) electrons. The van der Waals surface area contributed by atoms with Gasteiger partial charge in [-0.1, -0.05) is 27.5 Å². The van der Waals surface area contributed by atoms with Crippen LogP contribution in [0.15, 0.2) is 47.3 Å². The molecule has 0 unspecified atom stereocenters. The number of pyridine rings is 1. The third-order valence-corrected chi connectivity index (χ3v) is 3.97. The van der Waals surface area contributed by atoms with Gasteiger partial charge in [0.25, 0.3) is 0 Å². The van der Waals surface area contributed by atoms with Crippen LogP contribution < -0.4 is 0 Å². The third kappa shape index (κ3) is 2.71. The number of hydrogen-bond acceptors (Lipinski definition) is 1. The summed E-state index contributed by atoms with van der Waals surface area (Å²) in [4.78, 5) is 10.9. The van der Waals surface area contributed by atoms with Crippen LogP contribution in [-0.4, -0.2) is 9.97 Å². The lowest BCUT2D eigenvalue weighted by Crippen LogP contribution is -1.81. The van der Waals surface area contributed by atoms with Crippen LogP contribution in [0.25, 0.3) is 27.5 Å². The van der Waals surface area contributed by atoms with Crippen LogP contribution in [0.1, 0.15) is 11.1 Å². The summed E-state index contributed by atoms with van der Waals surface area (Å²) in [6.07, 6.45) is 6.87. The average Bonchev–Trinajstić information content (AvgIpc) is 2.89. The van der Waals surface area contributed by atoms with Gasteiger partial charge in [0.1, 0.15) is 0 Å². The Kier molecular flexibility index (Phi) is 3.78. The highest BCUT2D eigenvalue weighted by atomic mass is 79.9. The Morgan fingerprint density at radius 3 is 3.00 bits per heavy atom.